The second-order valence-electron chi connectivity index (χ2n) is 1.81. The summed E-state index contributed by atoms with van der Waals surface area (Å²) in [6, 6.07) is 0. The van der Waals surface area contributed by atoms with Crippen molar-refractivity contribution in [2.75, 3.05) is 12.4 Å². The van der Waals surface area contributed by atoms with Gasteiger partial charge in [0.05, 0.1) is 5.75 Å². The van der Waals surface area contributed by atoms with Crippen LogP contribution in [0.4, 0.5) is 0 Å². The average Bonchev–Trinajstić information content (AvgIpc) is 1.77. The minimum Gasteiger partial charge on any atom is -0.396 e. The Balaban J connectivity index is 0. The molecular formula is C3H10O8S2. The largest absolute Gasteiger partial charge is 0.396 e. The lowest BCUT2D eigenvalue weighted by Gasteiger charge is -1.89. The van der Waals surface area contributed by atoms with E-state index in [0.29, 0.717) is 0 Å². The molecule has 0 saturated carbocycles. The Bertz CT molecular complexity index is 290. The molecule has 0 atom stereocenters. The van der Waals surface area contributed by atoms with Gasteiger partial charge in [-0.2, -0.15) is 16.8 Å². The Morgan fingerprint density at radius 1 is 0.923 bits per heavy atom. The van der Waals surface area contributed by atoms with Crippen LogP contribution in [0.1, 0.15) is 6.42 Å². The van der Waals surface area contributed by atoms with Crippen LogP contribution in [0.3, 0.4) is 0 Å². The number of rotatable bonds is 3. The van der Waals surface area contributed by atoms with Gasteiger partial charge >= 0.3 is 10.4 Å². The van der Waals surface area contributed by atoms with Gasteiger partial charge in [-0.05, 0) is 6.42 Å². The predicted molar refractivity (Wildman–Crippen MR) is 42.3 cm³/mol. The summed E-state index contributed by atoms with van der Waals surface area (Å²) in [4.78, 5) is 0. The molecule has 8 nitrogen and oxygen atoms in total. The van der Waals surface area contributed by atoms with E-state index in [1.54, 1.807) is 0 Å². The number of aliphatic hydroxyl groups is 1. The zero-order chi connectivity index (χ0) is 11.1. The lowest BCUT2D eigenvalue weighted by atomic mass is 10.5. The molecule has 0 aliphatic rings. The van der Waals surface area contributed by atoms with E-state index in [1.165, 1.54) is 0 Å². The minimum absolute atomic E-state index is 0.0961. The fraction of sp³-hybridized carbons (Fsp3) is 1.00. The van der Waals surface area contributed by atoms with Crippen LogP contribution in [0.15, 0.2) is 0 Å². The Morgan fingerprint density at radius 3 is 1.31 bits per heavy atom. The summed E-state index contributed by atoms with van der Waals surface area (Å²) in [5.41, 5.74) is 0. The molecule has 0 aromatic heterocycles. The first-order chi connectivity index (χ1) is 5.56. The van der Waals surface area contributed by atoms with E-state index >= 15 is 0 Å². The van der Waals surface area contributed by atoms with Gasteiger partial charge in [-0.25, -0.2) is 0 Å². The van der Waals surface area contributed by atoms with Crippen molar-refractivity contribution >= 4 is 20.5 Å². The van der Waals surface area contributed by atoms with Crippen LogP contribution in [-0.2, 0) is 20.5 Å². The summed E-state index contributed by atoms with van der Waals surface area (Å²) >= 11 is 0. The summed E-state index contributed by atoms with van der Waals surface area (Å²) in [7, 11) is -8.51. The van der Waals surface area contributed by atoms with Crippen molar-refractivity contribution in [2.45, 2.75) is 6.42 Å². The normalized spacial score (nSPS) is 11.7. The van der Waals surface area contributed by atoms with E-state index in [-0.39, 0.29) is 18.8 Å². The first kappa shape index (κ1) is 15.2. The van der Waals surface area contributed by atoms with Crippen molar-refractivity contribution < 1.29 is 35.6 Å². The number of hydrogen-bond acceptors (Lipinski definition) is 5. The Hall–Kier alpha value is -0.260. The molecule has 82 valence electrons. The van der Waals surface area contributed by atoms with Crippen molar-refractivity contribution in [1.82, 2.24) is 0 Å². The third-order valence-electron chi connectivity index (χ3n) is 0.560. The summed E-state index contributed by atoms with van der Waals surface area (Å²) in [6.07, 6.45) is 0.0961. The molecule has 10 heteroatoms. The van der Waals surface area contributed by atoms with Gasteiger partial charge in [0.15, 0.2) is 0 Å². The molecule has 0 rings (SSSR count). The second kappa shape index (κ2) is 6.23. The van der Waals surface area contributed by atoms with Crippen LogP contribution < -0.4 is 0 Å². The summed E-state index contributed by atoms with van der Waals surface area (Å²) in [6.45, 7) is -0.209. The van der Waals surface area contributed by atoms with Crippen LogP contribution in [0.5, 0.6) is 0 Å². The molecule has 0 aliphatic heterocycles. The molecule has 4 N–H and O–H groups in total. The summed E-state index contributed by atoms with van der Waals surface area (Å²) in [5.74, 6) is -0.358. The Labute approximate surface area is 75.5 Å². The second-order valence-corrected chi connectivity index (χ2v) is 4.28. The van der Waals surface area contributed by atoms with Gasteiger partial charge < -0.3 is 5.11 Å². The molecule has 0 bridgehead atoms. The highest BCUT2D eigenvalue weighted by Crippen LogP contribution is 1.84. The summed E-state index contributed by atoms with van der Waals surface area (Å²) in [5, 5.41) is 8.05. The molecule has 0 spiro atoms. The summed E-state index contributed by atoms with van der Waals surface area (Å²) < 4.78 is 59.3. The molecular weight excluding hydrogens is 228 g/mol. The predicted octanol–water partition coefficient (Wildman–Crippen LogP) is -1.40. The standard InChI is InChI=1S/C3H8O4S.H2O4S/c4-2-1-3-8(5,6)7;1-5(2,3)4/h4H,1-3H2,(H,5,6,7);(H2,1,2,3,4). The van der Waals surface area contributed by atoms with Crippen LogP contribution in [0.25, 0.3) is 0 Å². The maximum absolute atomic E-state index is 9.83. The maximum atomic E-state index is 9.83. The molecule has 0 aliphatic carbocycles. The lowest BCUT2D eigenvalue weighted by molar-refractivity contribution is 0.294. The number of hydrogen-bond donors (Lipinski definition) is 4. The van der Waals surface area contributed by atoms with Crippen LogP contribution >= 0.6 is 0 Å². The molecule has 0 amide bonds. The van der Waals surface area contributed by atoms with Crippen molar-refractivity contribution in [3.8, 4) is 0 Å². The van der Waals surface area contributed by atoms with Crippen LogP contribution in [0.2, 0.25) is 0 Å². The minimum atomic E-state index is -4.67. The molecule has 0 unspecified atom stereocenters. The van der Waals surface area contributed by atoms with E-state index in [9.17, 15) is 8.42 Å². The highest BCUT2D eigenvalue weighted by Gasteiger charge is 2.00. The Kier molecular flexibility index (Phi) is 7.30. The van der Waals surface area contributed by atoms with E-state index in [1.807, 2.05) is 0 Å². The average molecular weight is 238 g/mol. The third kappa shape index (κ3) is 49.6. The van der Waals surface area contributed by atoms with Gasteiger partial charge in [-0.15, -0.1) is 0 Å². The Morgan fingerprint density at radius 2 is 1.23 bits per heavy atom. The van der Waals surface area contributed by atoms with Gasteiger partial charge in [0.25, 0.3) is 10.1 Å². The first-order valence-electron chi connectivity index (χ1n) is 2.82. The lowest BCUT2D eigenvalue weighted by Crippen LogP contribution is -2.04. The van der Waals surface area contributed by atoms with Crippen molar-refractivity contribution in [2.24, 2.45) is 0 Å². The van der Waals surface area contributed by atoms with E-state index in [0.717, 1.165) is 0 Å². The molecule has 0 saturated heterocycles. The van der Waals surface area contributed by atoms with Crippen molar-refractivity contribution in [3.63, 3.8) is 0 Å². The fourth-order valence-electron chi connectivity index (χ4n) is 0.247. The molecule has 0 aromatic rings. The quantitative estimate of drug-likeness (QED) is 0.438. The van der Waals surface area contributed by atoms with Gasteiger partial charge in [0, 0.05) is 6.61 Å². The molecule has 13 heavy (non-hydrogen) atoms. The zero-order valence-electron chi connectivity index (χ0n) is 6.36. The molecule has 0 radical (unpaired) electrons. The molecule has 0 fully saturated rings. The van der Waals surface area contributed by atoms with Gasteiger partial charge in [-0.3, -0.25) is 13.7 Å². The van der Waals surface area contributed by atoms with Gasteiger partial charge in [0.2, 0.25) is 0 Å². The molecule has 0 heterocycles. The highest BCUT2D eigenvalue weighted by molar-refractivity contribution is 7.85. The smallest absolute Gasteiger partial charge is 0.394 e. The zero-order valence-corrected chi connectivity index (χ0v) is 7.99. The van der Waals surface area contributed by atoms with Crippen LogP contribution in [0, 0.1) is 0 Å². The fourth-order valence-corrected chi connectivity index (χ4v) is 0.741. The number of aliphatic hydroxyl groups excluding tert-OH is 1. The maximum Gasteiger partial charge on any atom is 0.394 e. The first-order valence-corrected chi connectivity index (χ1v) is 5.83. The van der Waals surface area contributed by atoms with Crippen LogP contribution in [-0.4, -0.2) is 48.0 Å². The van der Waals surface area contributed by atoms with E-state index in [4.69, 9.17) is 27.2 Å². The topological polar surface area (TPSA) is 149 Å². The van der Waals surface area contributed by atoms with E-state index in [2.05, 4.69) is 0 Å². The molecule has 0 aromatic carbocycles. The van der Waals surface area contributed by atoms with E-state index < -0.39 is 20.5 Å². The van der Waals surface area contributed by atoms with Crippen molar-refractivity contribution in [1.29, 1.82) is 0 Å². The van der Waals surface area contributed by atoms with Crippen molar-refractivity contribution in [3.05, 3.63) is 0 Å². The van der Waals surface area contributed by atoms with Gasteiger partial charge in [-0.1, -0.05) is 0 Å². The highest BCUT2D eigenvalue weighted by atomic mass is 32.3. The SMILES string of the molecule is O=S(=O)(O)CCCO.O=S(=O)(O)O. The van der Waals surface area contributed by atoms with Gasteiger partial charge in [0.1, 0.15) is 0 Å². The monoisotopic (exact) mass is 238 g/mol. The third-order valence-corrected chi connectivity index (χ3v) is 1.36.